The van der Waals surface area contributed by atoms with Crippen LogP contribution >= 0.6 is 8.60 Å². The molecule has 0 N–H and O–H groups in total. The Hall–Kier alpha value is 0.310. The lowest BCUT2D eigenvalue weighted by atomic mass is 10.1. The highest BCUT2D eigenvalue weighted by Gasteiger charge is 2.26. The van der Waals surface area contributed by atoms with E-state index in [1.54, 1.807) is 0 Å². The summed E-state index contributed by atoms with van der Waals surface area (Å²) in [5.41, 5.74) is 0. The second-order valence-corrected chi connectivity index (χ2v) is 8.22. The van der Waals surface area contributed by atoms with Crippen molar-refractivity contribution >= 4 is 8.60 Å². The Bertz CT molecular complexity index is 215. The second-order valence-electron chi connectivity index (χ2n) is 7.14. The smallest absolute Gasteiger partial charge is 0.309 e. The largest absolute Gasteiger partial charge is 0.333 e. The molecule has 152 valence electrons. The molecule has 0 aromatic heterocycles. The molecule has 25 heavy (non-hydrogen) atoms. The minimum absolute atomic E-state index is 0.272. The lowest BCUT2D eigenvalue weighted by Gasteiger charge is -2.29. The average Bonchev–Trinajstić information content (AvgIpc) is 2.56. The van der Waals surface area contributed by atoms with Gasteiger partial charge in [-0.2, -0.15) is 0 Å². The molecule has 0 aliphatic carbocycles. The Morgan fingerprint density at radius 2 is 0.640 bits per heavy atom. The van der Waals surface area contributed by atoms with Crippen molar-refractivity contribution in [2.75, 3.05) is 0 Å². The Labute approximate surface area is 159 Å². The molecule has 0 atom stereocenters. The summed E-state index contributed by atoms with van der Waals surface area (Å²) in [4.78, 5) is 0. The zero-order chi connectivity index (χ0) is 18.9. The van der Waals surface area contributed by atoms with Gasteiger partial charge in [0.05, 0.1) is 18.3 Å². The van der Waals surface area contributed by atoms with Crippen molar-refractivity contribution < 1.29 is 13.6 Å². The first kappa shape index (κ1) is 25.3. The van der Waals surface area contributed by atoms with E-state index < -0.39 is 8.60 Å². The lowest BCUT2D eigenvalue weighted by Crippen LogP contribution is -2.19. The van der Waals surface area contributed by atoms with E-state index in [-0.39, 0.29) is 18.3 Å². The first-order chi connectivity index (χ1) is 12.1. The number of rotatable bonds is 18. The second kappa shape index (κ2) is 17.7. The summed E-state index contributed by atoms with van der Waals surface area (Å²) in [6.45, 7) is 13.4. The molecule has 0 unspecified atom stereocenters. The topological polar surface area (TPSA) is 27.7 Å². The summed E-state index contributed by atoms with van der Waals surface area (Å²) in [5, 5.41) is 0. The van der Waals surface area contributed by atoms with Crippen LogP contribution in [-0.2, 0) is 13.6 Å². The van der Waals surface area contributed by atoms with Crippen molar-refractivity contribution in [2.45, 2.75) is 137 Å². The first-order valence-corrected chi connectivity index (χ1v) is 12.0. The standard InChI is InChI=1S/C21H45O3P/c1-7-13-19(14-8-2)22-25(23-20(15-9-3)16-10-4)24-21(17-11-5)18-12-6/h19-21H,7-18H2,1-6H3. The SMILES string of the molecule is CCCC(CCC)OP(OC(CCC)CCC)OC(CCC)CCC. The fourth-order valence-corrected chi connectivity index (χ4v) is 4.63. The van der Waals surface area contributed by atoms with E-state index in [1.807, 2.05) is 0 Å². The summed E-state index contributed by atoms with van der Waals surface area (Å²) in [5.74, 6) is 0. The molecule has 0 aromatic carbocycles. The predicted octanol–water partition coefficient (Wildman–Crippen LogP) is 8.17. The molecule has 4 heteroatoms. The van der Waals surface area contributed by atoms with Gasteiger partial charge in [-0.15, -0.1) is 0 Å². The van der Waals surface area contributed by atoms with Gasteiger partial charge in [-0.05, 0) is 38.5 Å². The van der Waals surface area contributed by atoms with Crippen LogP contribution in [0.15, 0.2) is 0 Å². The van der Waals surface area contributed by atoms with E-state index in [0.717, 1.165) is 77.0 Å². The van der Waals surface area contributed by atoms with Crippen LogP contribution in [0.5, 0.6) is 0 Å². The summed E-state index contributed by atoms with van der Waals surface area (Å²) < 4.78 is 19.2. The van der Waals surface area contributed by atoms with Crippen LogP contribution in [-0.4, -0.2) is 18.3 Å². The van der Waals surface area contributed by atoms with Gasteiger partial charge in [0.15, 0.2) is 0 Å². The van der Waals surface area contributed by atoms with Crippen molar-refractivity contribution in [3.05, 3.63) is 0 Å². The van der Waals surface area contributed by atoms with E-state index in [0.29, 0.717) is 0 Å². The summed E-state index contributed by atoms with van der Waals surface area (Å²) >= 11 is 0. The number of hydrogen-bond donors (Lipinski definition) is 0. The highest BCUT2D eigenvalue weighted by Crippen LogP contribution is 2.47. The molecule has 0 bridgehead atoms. The molecule has 0 saturated carbocycles. The van der Waals surface area contributed by atoms with Crippen LogP contribution in [0.4, 0.5) is 0 Å². The summed E-state index contributed by atoms with van der Waals surface area (Å²) in [6, 6.07) is 0. The van der Waals surface area contributed by atoms with E-state index >= 15 is 0 Å². The molecular formula is C21H45O3P. The van der Waals surface area contributed by atoms with Crippen LogP contribution in [0.1, 0.15) is 119 Å². The fourth-order valence-electron chi connectivity index (χ4n) is 3.12. The molecule has 0 spiro atoms. The third kappa shape index (κ3) is 13.2. The zero-order valence-corrected chi connectivity index (χ0v) is 18.8. The Balaban J connectivity index is 4.96. The van der Waals surface area contributed by atoms with Gasteiger partial charge in [0.1, 0.15) is 0 Å². The van der Waals surface area contributed by atoms with Crippen LogP contribution in [0.3, 0.4) is 0 Å². The molecule has 0 radical (unpaired) electrons. The quantitative estimate of drug-likeness (QED) is 0.226. The molecular weight excluding hydrogens is 331 g/mol. The molecule has 3 nitrogen and oxygen atoms in total. The van der Waals surface area contributed by atoms with E-state index in [1.165, 1.54) is 0 Å². The maximum absolute atomic E-state index is 6.40. The van der Waals surface area contributed by atoms with Crippen molar-refractivity contribution in [1.29, 1.82) is 0 Å². The van der Waals surface area contributed by atoms with Gasteiger partial charge in [-0.25, -0.2) is 0 Å². The minimum atomic E-state index is -1.25. The Kier molecular flexibility index (Phi) is 17.9. The molecule has 0 heterocycles. The van der Waals surface area contributed by atoms with Gasteiger partial charge in [-0.1, -0.05) is 80.1 Å². The maximum atomic E-state index is 6.40. The van der Waals surface area contributed by atoms with E-state index in [2.05, 4.69) is 41.5 Å². The number of hydrogen-bond acceptors (Lipinski definition) is 3. The lowest BCUT2D eigenvalue weighted by molar-refractivity contribution is 0.0498. The predicted molar refractivity (Wildman–Crippen MR) is 111 cm³/mol. The van der Waals surface area contributed by atoms with Crippen LogP contribution in [0.2, 0.25) is 0 Å². The molecule has 0 amide bonds. The van der Waals surface area contributed by atoms with Crippen molar-refractivity contribution in [1.82, 2.24) is 0 Å². The van der Waals surface area contributed by atoms with E-state index in [9.17, 15) is 0 Å². The summed E-state index contributed by atoms with van der Waals surface area (Å²) in [7, 11) is -1.25. The van der Waals surface area contributed by atoms with Gasteiger partial charge in [0.25, 0.3) is 0 Å². The molecule has 0 aromatic rings. The molecule has 0 rings (SSSR count). The molecule has 0 saturated heterocycles. The van der Waals surface area contributed by atoms with Crippen LogP contribution in [0.25, 0.3) is 0 Å². The van der Waals surface area contributed by atoms with Gasteiger partial charge < -0.3 is 13.6 Å². The highest BCUT2D eigenvalue weighted by atomic mass is 31.2. The third-order valence-corrected chi connectivity index (χ3v) is 5.78. The Morgan fingerprint density at radius 1 is 0.440 bits per heavy atom. The van der Waals surface area contributed by atoms with Gasteiger partial charge in [0.2, 0.25) is 0 Å². The van der Waals surface area contributed by atoms with Crippen molar-refractivity contribution in [3.63, 3.8) is 0 Å². The van der Waals surface area contributed by atoms with E-state index in [4.69, 9.17) is 13.6 Å². The first-order valence-electron chi connectivity index (χ1n) is 10.9. The molecule has 0 aliphatic heterocycles. The molecule has 0 fully saturated rings. The maximum Gasteiger partial charge on any atom is 0.333 e. The van der Waals surface area contributed by atoms with Crippen LogP contribution in [0, 0.1) is 0 Å². The average molecular weight is 377 g/mol. The highest BCUT2D eigenvalue weighted by molar-refractivity contribution is 7.41. The normalized spacial score (nSPS) is 12.2. The van der Waals surface area contributed by atoms with Gasteiger partial charge in [0, 0.05) is 0 Å². The summed E-state index contributed by atoms with van der Waals surface area (Å²) in [6.07, 6.45) is 14.3. The van der Waals surface area contributed by atoms with Crippen molar-refractivity contribution in [3.8, 4) is 0 Å². The van der Waals surface area contributed by atoms with Crippen molar-refractivity contribution in [2.24, 2.45) is 0 Å². The minimum Gasteiger partial charge on any atom is -0.309 e. The van der Waals surface area contributed by atoms with Gasteiger partial charge in [-0.3, -0.25) is 0 Å². The third-order valence-electron chi connectivity index (χ3n) is 4.37. The Morgan fingerprint density at radius 3 is 0.800 bits per heavy atom. The fraction of sp³-hybridized carbons (Fsp3) is 1.00. The monoisotopic (exact) mass is 376 g/mol. The zero-order valence-electron chi connectivity index (χ0n) is 17.9. The molecule has 0 aliphatic rings. The van der Waals surface area contributed by atoms with Gasteiger partial charge >= 0.3 is 8.60 Å². The van der Waals surface area contributed by atoms with Crippen LogP contribution < -0.4 is 0 Å².